The smallest absolute Gasteiger partial charge is 0.270 e. The molecule has 16 heavy (non-hydrogen) atoms. The molecule has 0 saturated heterocycles. The molecule has 0 aliphatic rings. The Balaban J connectivity index is 2.76. The molecular weight excluding hydrogens is 206 g/mol. The number of aryl methyl sites for hydroxylation is 1. The zero-order chi connectivity index (χ0) is 11.7. The molecule has 2 radical (unpaired) electrons. The molecule has 0 aliphatic heterocycles. The molecule has 5 heteroatoms. The van der Waals surface area contributed by atoms with Crippen LogP contribution in [0.5, 0.6) is 0 Å². The molecule has 2 aromatic rings. The van der Waals surface area contributed by atoms with Crippen molar-refractivity contribution in [3.05, 3.63) is 39.6 Å². The number of fused-ring (bicyclic) bond motifs is 1. The van der Waals surface area contributed by atoms with E-state index in [1.54, 1.807) is 0 Å². The Hall–Kier alpha value is -1.65. The Labute approximate surface area is 93.1 Å². The predicted molar refractivity (Wildman–Crippen MR) is 61.2 cm³/mol. The summed E-state index contributed by atoms with van der Waals surface area (Å²) in [7, 11) is 5.38. The molecule has 0 atom stereocenters. The number of H-pyrrole nitrogens is 1. The first-order chi connectivity index (χ1) is 7.65. The lowest BCUT2D eigenvalue weighted by Gasteiger charge is -2.04. The number of aromatic nitrogens is 2. The SMILES string of the molecule is [B]Cc1cc2[nH]c(=O)c(CC)nc2cc1F. The van der Waals surface area contributed by atoms with E-state index < -0.39 is 5.82 Å². The van der Waals surface area contributed by atoms with Crippen molar-refractivity contribution in [2.75, 3.05) is 0 Å². The quantitative estimate of drug-likeness (QED) is 0.768. The summed E-state index contributed by atoms with van der Waals surface area (Å²) >= 11 is 0. The van der Waals surface area contributed by atoms with Gasteiger partial charge in [-0.1, -0.05) is 13.2 Å². The van der Waals surface area contributed by atoms with Gasteiger partial charge in [0.2, 0.25) is 0 Å². The van der Waals surface area contributed by atoms with Crippen molar-refractivity contribution in [3.8, 4) is 0 Å². The number of hydrogen-bond donors (Lipinski definition) is 1. The summed E-state index contributed by atoms with van der Waals surface area (Å²) < 4.78 is 13.4. The van der Waals surface area contributed by atoms with Gasteiger partial charge in [0.15, 0.2) is 0 Å². The summed E-state index contributed by atoms with van der Waals surface area (Å²) in [5, 5.41) is 0. The summed E-state index contributed by atoms with van der Waals surface area (Å²) in [4.78, 5) is 18.3. The molecule has 2 rings (SSSR count). The molecule has 0 saturated carbocycles. The molecular formula is C11H10BFN2O. The van der Waals surface area contributed by atoms with E-state index in [1.165, 1.54) is 12.1 Å². The fourth-order valence-corrected chi connectivity index (χ4v) is 1.59. The van der Waals surface area contributed by atoms with E-state index >= 15 is 0 Å². The highest BCUT2D eigenvalue weighted by atomic mass is 19.1. The van der Waals surface area contributed by atoms with E-state index in [2.05, 4.69) is 9.97 Å². The second-order valence-electron chi connectivity index (χ2n) is 3.53. The number of benzene rings is 1. The summed E-state index contributed by atoms with van der Waals surface area (Å²) in [5.74, 6) is -0.392. The van der Waals surface area contributed by atoms with Gasteiger partial charge in [0.1, 0.15) is 11.5 Å². The zero-order valence-corrected chi connectivity index (χ0v) is 8.88. The van der Waals surface area contributed by atoms with Crippen molar-refractivity contribution in [1.29, 1.82) is 0 Å². The van der Waals surface area contributed by atoms with Gasteiger partial charge in [0, 0.05) is 6.07 Å². The van der Waals surface area contributed by atoms with Gasteiger partial charge in [0.05, 0.1) is 18.9 Å². The van der Waals surface area contributed by atoms with Crippen LogP contribution in [-0.4, -0.2) is 17.8 Å². The van der Waals surface area contributed by atoms with Crippen molar-refractivity contribution < 1.29 is 4.39 Å². The highest BCUT2D eigenvalue weighted by Crippen LogP contribution is 2.15. The Bertz CT molecular complexity index is 594. The third-order valence-corrected chi connectivity index (χ3v) is 2.49. The van der Waals surface area contributed by atoms with Crippen molar-refractivity contribution in [2.24, 2.45) is 0 Å². The fourth-order valence-electron chi connectivity index (χ4n) is 1.59. The average molecular weight is 216 g/mol. The topological polar surface area (TPSA) is 45.8 Å². The zero-order valence-electron chi connectivity index (χ0n) is 8.88. The summed E-state index contributed by atoms with van der Waals surface area (Å²) in [6.07, 6.45) is 0.616. The largest absolute Gasteiger partial charge is 0.319 e. The number of rotatable bonds is 2. The third kappa shape index (κ3) is 1.73. The maximum atomic E-state index is 13.4. The van der Waals surface area contributed by atoms with Gasteiger partial charge >= 0.3 is 0 Å². The van der Waals surface area contributed by atoms with Crippen LogP contribution < -0.4 is 5.56 Å². The summed E-state index contributed by atoms with van der Waals surface area (Å²) in [6.45, 7) is 1.83. The minimum absolute atomic E-state index is 0.0966. The van der Waals surface area contributed by atoms with Crippen LogP contribution in [0.2, 0.25) is 0 Å². The van der Waals surface area contributed by atoms with Crippen LogP contribution in [0.25, 0.3) is 11.0 Å². The molecule has 0 aliphatic carbocycles. The third-order valence-electron chi connectivity index (χ3n) is 2.49. The second-order valence-corrected chi connectivity index (χ2v) is 3.53. The molecule has 3 nitrogen and oxygen atoms in total. The standard InChI is InChI=1S/C11H10BFN2O/c1-2-8-11(16)15-9-3-6(5-12)7(13)4-10(9)14-8/h3-4H,2,5H2,1H3,(H,15,16). The molecule has 0 fully saturated rings. The first-order valence-electron chi connectivity index (χ1n) is 5.07. The minimum Gasteiger partial charge on any atom is -0.319 e. The van der Waals surface area contributed by atoms with Gasteiger partial charge in [-0.3, -0.25) is 4.79 Å². The second kappa shape index (κ2) is 4.08. The Morgan fingerprint density at radius 2 is 2.25 bits per heavy atom. The summed E-state index contributed by atoms with van der Waals surface area (Å²) in [5.41, 5.74) is 1.52. The predicted octanol–water partition coefficient (Wildman–Crippen LogP) is 1.29. The number of halogens is 1. The molecule has 0 amide bonds. The van der Waals surface area contributed by atoms with E-state index in [0.717, 1.165) is 0 Å². The molecule has 1 aromatic carbocycles. The number of nitrogens with zero attached hydrogens (tertiary/aromatic N) is 1. The van der Waals surface area contributed by atoms with Crippen LogP contribution in [0.1, 0.15) is 18.2 Å². The van der Waals surface area contributed by atoms with Crippen molar-refractivity contribution in [2.45, 2.75) is 19.7 Å². The van der Waals surface area contributed by atoms with Gasteiger partial charge in [-0.2, -0.15) is 0 Å². The van der Waals surface area contributed by atoms with Gasteiger partial charge in [0.25, 0.3) is 5.56 Å². The normalized spacial score (nSPS) is 10.9. The van der Waals surface area contributed by atoms with Gasteiger partial charge in [-0.25, -0.2) is 9.37 Å². The first-order valence-corrected chi connectivity index (χ1v) is 5.07. The van der Waals surface area contributed by atoms with Gasteiger partial charge < -0.3 is 4.98 Å². The van der Waals surface area contributed by atoms with E-state index in [4.69, 9.17) is 7.85 Å². The monoisotopic (exact) mass is 216 g/mol. The molecule has 80 valence electrons. The number of nitrogens with one attached hydrogen (secondary N) is 1. The number of hydrogen-bond acceptors (Lipinski definition) is 2. The molecule has 0 bridgehead atoms. The molecule has 0 spiro atoms. The van der Waals surface area contributed by atoms with E-state index in [-0.39, 0.29) is 11.9 Å². The van der Waals surface area contributed by atoms with Crippen molar-refractivity contribution in [1.82, 2.24) is 9.97 Å². The van der Waals surface area contributed by atoms with E-state index in [0.29, 0.717) is 28.7 Å². The lowest BCUT2D eigenvalue weighted by Crippen LogP contribution is -2.14. The molecule has 1 heterocycles. The van der Waals surface area contributed by atoms with Crippen LogP contribution in [0, 0.1) is 5.82 Å². The van der Waals surface area contributed by atoms with Crippen LogP contribution >= 0.6 is 0 Å². The van der Waals surface area contributed by atoms with Crippen LogP contribution in [0.15, 0.2) is 16.9 Å². The van der Waals surface area contributed by atoms with Crippen LogP contribution in [-0.2, 0) is 12.7 Å². The van der Waals surface area contributed by atoms with Crippen LogP contribution in [0.4, 0.5) is 4.39 Å². The first kappa shape index (κ1) is 10.9. The molecule has 0 unspecified atom stereocenters. The average Bonchev–Trinajstić information content (AvgIpc) is 2.28. The minimum atomic E-state index is -0.392. The van der Waals surface area contributed by atoms with Gasteiger partial charge in [-0.15, -0.1) is 0 Å². The Morgan fingerprint density at radius 3 is 2.88 bits per heavy atom. The molecule has 1 aromatic heterocycles. The molecule has 1 N–H and O–H groups in total. The maximum Gasteiger partial charge on any atom is 0.270 e. The Kier molecular flexibility index (Phi) is 2.77. The fraction of sp³-hybridized carbons (Fsp3) is 0.273. The van der Waals surface area contributed by atoms with Crippen LogP contribution in [0.3, 0.4) is 0 Å². The van der Waals surface area contributed by atoms with E-state index in [9.17, 15) is 9.18 Å². The van der Waals surface area contributed by atoms with E-state index in [1.807, 2.05) is 6.92 Å². The van der Waals surface area contributed by atoms with Crippen molar-refractivity contribution in [3.63, 3.8) is 0 Å². The number of aromatic amines is 1. The highest BCUT2D eigenvalue weighted by Gasteiger charge is 2.07. The van der Waals surface area contributed by atoms with Gasteiger partial charge in [-0.05, 0) is 18.1 Å². The lowest BCUT2D eigenvalue weighted by molar-refractivity contribution is 0.618. The Morgan fingerprint density at radius 1 is 1.50 bits per heavy atom. The highest BCUT2D eigenvalue weighted by molar-refractivity contribution is 6.08. The maximum absolute atomic E-state index is 13.4. The van der Waals surface area contributed by atoms with Crippen molar-refractivity contribution >= 4 is 18.9 Å². The summed E-state index contributed by atoms with van der Waals surface area (Å²) in [6, 6.07) is 2.82. The lowest BCUT2D eigenvalue weighted by atomic mass is 9.96.